The van der Waals surface area contributed by atoms with E-state index in [0.29, 0.717) is 23.1 Å². The minimum absolute atomic E-state index is 0.114. The van der Waals surface area contributed by atoms with Crippen molar-refractivity contribution in [2.24, 2.45) is 0 Å². The summed E-state index contributed by atoms with van der Waals surface area (Å²) in [5.74, 6) is -1.08. The van der Waals surface area contributed by atoms with Gasteiger partial charge in [0.15, 0.2) is 0 Å². The van der Waals surface area contributed by atoms with E-state index in [1.165, 1.54) is 11.3 Å². The molecule has 1 amide bonds. The van der Waals surface area contributed by atoms with Crippen LogP contribution in [0, 0.1) is 6.92 Å². The number of rotatable bonds is 4. The second-order valence-electron chi connectivity index (χ2n) is 5.96. The molecule has 1 aromatic carbocycles. The van der Waals surface area contributed by atoms with Gasteiger partial charge in [0.05, 0.1) is 30.6 Å². The molecule has 3 rings (SSSR count). The maximum atomic E-state index is 12.9. The number of carboxylic acid groups (broad SMARTS) is 1. The summed E-state index contributed by atoms with van der Waals surface area (Å²) in [6, 6.07) is 8.94. The number of nitrogens with zero attached hydrogens (tertiary/aromatic N) is 1. The lowest BCUT2D eigenvalue weighted by atomic mass is 10.1. The van der Waals surface area contributed by atoms with E-state index >= 15 is 0 Å². The summed E-state index contributed by atoms with van der Waals surface area (Å²) < 4.78 is 5.34. The van der Waals surface area contributed by atoms with E-state index in [9.17, 15) is 9.59 Å². The van der Waals surface area contributed by atoms with Crippen molar-refractivity contribution in [1.82, 2.24) is 4.90 Å². The summed E-state index contributed by atoms with van der Waals surface area (Å²) in [5.41, 5.74) is 1.97. The van der Waals surface area contributed by atoms with Crippen LogP contribution in [0.4, 0.5) is 0 Å². The zero-order valence-corrected chi connectivity index (χ0v) is 15.3. The molecule has 1 aliphatic rings. The molecule has 0 aliphatic carbocycles. The van der Waals surface area contributed by atoms with Crippen LogP contribution in [0.25, 0.3) is 10.4 Å². The minimum atomic E-state index is -0.935. The van der Waals surface area contributed by atoms with Gasteiger partial charge in [0.25, 0.3) is 5.91 Å². The van der Waals surface area contributed by atoms with Crippen molar-refractivity contribution in [3.8, 4) is 10.4 Å². The fourth-order valence-electron chi connectivity index (χ4n) is 2.94. The van der Waals surface area contributed by atoms with Crippen molar-refractivity contribution in [3.63, 3.8) is 0 Å². The number of ether oxygens (including phenoxy) is 1. The van der Waals surface area contributed by atoms with Crippen molar-refractivity contribution in [3.05, 3.63) is 45.8 Å². The highest BCUT2D eigenvalue weighted by Gasteiger charge is 2.31. The summed E-state index contributed by atoms with van der Waals surface area (Å²) >= 11 is 7.47. The molecule has 1 aliphatic heterocycles. The molecule has 5 nitrogen and oxygen atoms in total. The Bertz CT molecular complexity index is 804. The standard InChI is InChI=1S/C18H18ClNO4S/c1-11-7-15(25-17(11)12-3-2-4-13(19)8-12)18(23)20-5-6-24-10-14(20)9-16(21)22/h2-4,7-8,14H,5-6,9-10H2,1H3,(H,21,22). The second kappa shape index (κ2) is 7.56. The van der Waals surface area contributed by atoms with Crippen molar-refractivity contribution in [2.45, 2.75) is 19.4 Å². The largest absolute Gasteiger partial charge is 0.481 e. The Balaban J connectivity index is 1.87. The fraction of sp³-hybridized carbons (Fsp3) is 0.333. The van der Waals surface area contributed by atoms with Crippen molar-refractivity contribution < 1.29 is 19.4 Å². The van der Waals surface area contributed by atoms with E-state index in [1.807, 2.05) is 37.3 Å². The van der Waals surface area contributed by atoms with Crippen molar-refractivity contribution in [2.75, 3.05) is 19.8 Å². The molecular formula is C18H18ClNO4S. The van der Waals surface area contributed by atoms with Gasteiger partial charge in [-0.2, -0.15) is 0 Å². The lowest BCUT2D eigenvalue weighted by Gasteiger charge is -2.34. The lowest BCUT2D eigenvalue weighted by molar-refractivity contribution is -0.139. The number of morpholine rings is 1. The van der Waals surface area contributed by atoms with Crippen LogP contribution in [0.3, 0.4) is 0 Å². The number of carboxylic acids is 1. The van der Waals surface area contributed by atoms with Gasteiger partial charge in [-0.3, -0.25) is 9.59 Å². The molecule has 1 aromatic heterocycles. The van der Waals surface area contributed by atoms with Gasteiger partial charge < -0.3 is 14.7 Å². The molecule has 1 saturated heterocycles. The first kappa shape index (κ1) is 17.9. The van der Waals surface area contributed by atoms with Gasteiger partial charge in [-0.25, -0.2) is 0 Å². The highest BCUT2D eigenvalue weighted by Crippen LogP contribution is 2.34. The Morgan fingerprint density at radius 2 is 2.20 bits per heavy atom. The van der Waals surface area contributed by atoms with Crippen LogP contribution in [-0.4, -0.2) is 47.7 Å². The topological polar surface area (TPSA) is 66.8 Å². The molecule has 1 atom stereocenters. The number of aliphatic carboxylic acids is 1. The third-order valence-corrected chi connectivity index (χ3v) is 5.62. The molecular weight excluding hydrogens is 362 g/mol. The smallest absolute Gasteiger partial charge is 0.305 e. The minimum Gasteiger partial charge on any atom is -0.481 e. The third kappa shape index (κ3) is 4.03. The molecule has 0 bridgehead atoms. The number of benzene rings is 1. The number of thiophene rings is 1. The highest BCUT2D eigenvalue weighted by molar-refractivity contribution is 7.17. The molecule has 132 valence electrons. The number of hydrogen-bond acceptors (Lipinski definition) is 4. The summed E-state index contributed by atoms with van der Waals surface area (Å²) in [5, 5.41) is 9.70. The van der Waals surface area contributed by atoms with E-state index in [-0.39, 0.29) is 18.9 Å². The fourth-order valence-corrected chi connectivity index (χ4v) is 4.25. The molecule has 25 heavy (non-hydrogen) atoms. The number of carbonyl (C=O) groups excluding carboxylic acids is 1. The number of hydrogen-bond donors (Lipinski definition) is 1. The number of aryl methyl sites for hydroxylation is 1. The second-order valence-corrected chi connectivity index (χ2v) is 7.45. The summed E-state index contributed by atoms with van der Waals surface area (Å²) in [6.07, 6.45) is -0.114. The molecule has 7 heteroatoms. The monoisotopic (exact) mass is 379 g/mol. The Morgan fingerprint density at radius 3 is 2.92 bits per heavy atom. The summed E-state index contributed by atoms with van der Waals surface area (Å²) in [7, 11) is 0. The number of carbonyl (C=O) groups is 2. The van der Waals surface area contributed by atoms with Crippen LogP contribution in [0.2, 0.25) is 5.02 Å². The third-order valence-electron chi connectivity index (χ3n) is 4.11. The number of halogens is 1. The number of amides is 1. The van der Waals surface area contributed by atoms with Gasteiger partial charge in [0.2, 0.25) is 0 Å². The highest BCUT2D eigenvalue weighted by atomic mass is 35.5. The maximum absolute atomic E-state index is 12.9. The Labute approximate surface area is 154 Å². The van der Waals surface area contributed by atoms with E-state index in [1.54, 1.807) is 4.90 Å². The van der Waals surface area contributed by atoms with E-state index < -0.39 is 12.0 Å². The quantitative estimate of drug-likeness (QED) is 0.879. The predicted molar refractivity (Wildman–Crippen MR) is 97.4 cm³/mol. The van der Waals surface area contributed by atoms with Crippen LogP contribution in [-0.2, 0) is 9.53 Å². The Morgan fingerprint density at radius 1 is 1.40 bits per heavy atom. The first-order valence-electron chi connectivity index (χ1n) is 7.92. The van der Waals surface area contributed by atoms with Gasteiger partial charge in [-0.1, -0.05) is 23.7 Å². The average molecular weight is 380 g/mol. The SMILES string of the molecule is Cc1cc(C(=O)N2CCOCC2CC(=O)O)sc1-c1cccc(Cl)c1. The van der Waals surface area contributed by atoms with E-state index in [4.69, 9.17) is 21.4 Å². The van der Waals surface area contributed by atoms with Crippen LogP contribution in [0.1, 0.15) is 21.7 Å². The van der Waals surface area contributed by atoms with Crippen LogP contribution >= 0.6 is 22.9 Å². The molecule has 1 N–H and O–H groups in total. The van der Waals surface area contributed by atoms with Gasteiger partial charge in [-0.15, -0.1) is 11.3 Å². The van der Waals surface area contributed by atoms with Gasteiger partial charge in [-0.05, 0) is 36.2 Å². The average Bonchev–Trinajstić information content (AvgIpc) is 2.96. The predicted octanol–water partition coefficient (Wildman–Crippen LogP) is 3.69. The molecule has 0 spiro atoms. The molecule has 0 saturated carbocycles. The Kier molecular flexibility index (Phi) is 5.42. The van der Waals surface area contributed by atoms with Crippen LogP contribution < -0.4 is 0 Å². The molecule has 1 unspecified atom stereocenters. The van der Waals surface area contributed by atoms with E-state index in [2.05, 4.69) is 0 Å². The molecule has 1 fully saturated rings. The van der Waals surface area contributed by atoms with Crippen LogP contribution in [0.5, 0.6) is 0 Å². The molecule has 2 heterocycles. The van der Waals surface area contributed by atoms with Gasteiger partial charge >= 0.3 is 5.97 Å². The van der Waals surface area contributed by atoms with Crippen molar-refractivity contribution in [1.29, 1.82) is 0 Å². The van der Waals surface area contributed by atoms with Gasteiger partial charge in [0.1, 0.15) is 0 Å². The maximum Gasteiger partial charge on any atom is 0.305 e. The lowest BCUT2D eigenvalue weighted by Crippen LogP contribution is -2.49. The summed E-state index contributed by atoms with van der Waals surface area (Å²) in [4.78, 5) is 27.2. The Hall–Kier alpha value is -1.89. The zero-order chi connectivity index (χ0) is 18.0. The first-order valence-corrected chi connectivity index (χ1v) is 9.12. The van der Waals surface area contributed by atoms with Crippen molar-refractivity contribution >= 4 is 34.8 Å². The normalized spacial score (nSPS) is 17.5. The summed E-state index contributed by atoms with van der Waals surface area (Å²) in [6.45, 7) is 3.04. The van der Waals surface area contributed by atoms with E-state index in [0.717, 1.165) is 16.0 Å². The van der Waals surface area contributed by atoms with Gasteiger partial charge in [0, 0.05) is 16.4 Å². The molecule has 2 aromatic rings. The van der Waals surface area contributed by atoms with Crippen LogP contribution in [0.15, 0.2) is 30.3 Å². The molecule has 0 radical (unpaired) electrons. The zero-order valence-electron chi connectivity index (χ0n) is 13.7. The first-order chi connectivity index (χ1) is 12.0.